The van der Waals surface area contributed by atoms with E-state index in [1.54, 1.807) is 0 Å². The summed E-state index contributed by atoms with van der Waals surface area (Å²) in [5.41, 5.74) is 3.50. The molecule has 3 rings (SSSR count). The van der Waals surface area contributed by atoms with Crippen molar-refractivity contribution in [2.45, 2.75) is 12.8 Å². The van der Waals surface area contributed by atoms with Gasteiger partial charge in [0.2, 0.25) is 0 Å². The van der Waals surface area contributed by atoms with E-state index in [1.165, 1.54) is 0 Å². The van der Waals surface area contributed by atoms with Crippen LogP contribution in [-0.2, 0) is 5.88 Å². The number of pyridine rings is 1. The number of alkyl halides is 1. The maximum atomic E-state index is 6.05. The second kappa shape index (κ2) is 5.35. The van der Waals surface area contributed by atoms with Crippen LogP contribution in [0.1, 0.15) is 11.5 Å². The summed E-state index contributed by atoms with van der Waals surface area (Å²) in [4.78, 5) is 9.09. The van der Waals surface area contributed by atoms with Crippen molar-refractivity contribution >= 4 is 50.3 Å². The van der Waals surface area contributed by atoms with Gasteiger partial charge in [0.05, 0.1) is 16.6 Å². The molecule has 0 bridgehead atoms. The van der Waals surface area contributed by atoms with Gasteiger partial charge in [-0.05, 0) is 53.2 Å². The zero-order chi connectivity index (χ0) is 14.3. The second-order valence-electron chi connectivity index (χ2n) is 4.39. The highest BCUT2D eigenvalue weighted by atomic mass is 79.9. The van der Waals surface area contributed by atoms with Crippen LogP contribution in [0.2, 0.25) is 5.02 Å². The molecule has 0 N–H and O–H groups in total. The van der Waals surface area contributed by atoms with Crippen molar-refractivity contribution in [3.05, 3.63) is 51.3 Å². The van der Waals surface area contributed by atoms with E-state index in [9.17, 15) is 0 Å². The lowest BCUT2D eigenvalue weighted by Crippen LogP contribution is -2.00. The second-order valence-corrected chi connectivity index (χ2v) is 5.92. The van der Waals surface area contributed by atoms with E-state index in [1.807, 2.05) is 41.8 Å². The molecular weight excluding hydrogens is 361 g/mol. The maximum absolute atomic E-state index is 6.05. The number of fused-ring (bicyclic) bond motifs is 1. The van der Waals surface area contributed by atoms with Crippen molar-refractivity contribution in [3.63, 3.8) is 0 Å². The molecule has 1 aromatic carbocycles. The topological polar surface area (TPSA) is 30.7 Å². The van der Waals surface area contributed by atoms with Crippen molar-refractivity contribution in [2.75, 3.05) is 0 Å². The molecule has 102 valence electrons. The first-order chi connectivity index (χ1) is 9.60. The van der Waals surface area contributed by atoms with E-state index in [0.29, 0.717) is 10.9 Å². The van der Waals surface area contributed by atoms with Gasteiger partial charge in [0, 0.05) is 10.2 Å². The largest absolute Gasteiger partial charge is 0.280 e. The minimum absolute atomic E-state index is 0.315. The molecule has 0 saturated carbocycles. The van der Waals surface area contributed by atoms with Gasteiger partial charge in [-0.3, -0.25) is 4.57 Å². The Hall–Kier alpha value is -1.10. The van der Waals surface area contributed by atoms with Crippen LogP contribution in [-0.4, -0.2) is 14.5 Å². The fourth-order valence-corrected chi connectivity index (χ4v) is 2.75. The standard InChI is InChI=1S/C14H10BrCl2N3/c1-8-2-5-12-14(18-8)20(13(7-16)19-12)9-3-4-11(17)10(15)6-9/h2-6H,7H2,1H3. The Morgan fingerprint density at radius 2 is 2.00 bits per heavy atom. The first-order valence-electron chi connectivity index (χ1n) is 5.96. The number of hydrogen-bond acceptors (Lipinski definition) is 2. The van der Waals surface area contributed by atoms with E-state index >= 15 is 0 Å². The summed E-state index contributed by atoms with van der Waals surface area (Å²) in [5, 5.41) is 0.662. The van der Waals surface area contributed by atoms with E-state index in [2.05, 4.69) is 25.9 Å². The van der Waals surface area contributed by atoms with Gasteiger partial charge < -0.3 is 0 Å². The quantitative estimate of drug-likeness (QED) is 0.601. The van der Waals surface area contributed by atoms with Gasteiger partial charge in [0.25, 0.3) is 0 Å². The molecule has 2 aromatic heterocycles. The number of hydrogen-bond donors (Lipinski definition) is 0. The van der Waals surface area contributed by atoms with Crippen LogP contribution in [0.25, 0.3) is 16.9 Å². The fraction of sp³-hybridized carbons (Fsp3) is 0.143. The zero-order valence-electron chi connectivity index (χ0n) is 10.6. The molecule has 0 fully saturated rings. The Morgan fingerprint density at radius 3 is 2.70 bits per heavy atom. The fourth-order valence-electron chi connectivity index (χ4n) is 2.08. The lowest BCUT2D eigenvalue weighted by molar-refractivity contribution is 0.966. The van der Waals surface area contributed by atoms with Crippen molar-refractivity contribution < 1.29 is 0 Å². The summed E-state index contributed by atoms with van der Waals surface area (Å²) in [5.74, 6) is 1.07. The number of halogens is 3. The first kappa shape index (κ1) is 13.9. The van der Waals surface area contributed by atoms with Crippen LogP contribution in [0.15, 0.2) is 34.8 Å². The van der Waals surface area contributed by atoms with Crippen molar-refractivity contribution in [1.82, 2.24) is 14.5 Å². The first-order valence-corrected chi connectivity index (χ1v) is 7.67. The molecule has 0 atom stereocenters. The van der Waals surface area contributed by atoms with Crippen LogP contribution in [0.4, 0.5) is 0 Å². The smallest absolute Gasteiger partial charge is 0.164 e. The summed E-state index contributed by atoms with van der Waals surface area (Å²) in [6, 6.07) is 9.59. The average Bonchev–Trinajstić information content (AvgIpc) is 2.79. The molecule has 0 amide bonds. The number of imidazole rings is 1. The summed E-state index contributed by atoms with van der Waals surface area (Å²) in [7, 11) is 0. The minimum Gasteiger partial charge on any atom is -0.280 e. The lowest BCUT2D eigenvalue weighted by atomic mass is 10.3. The van der Waals surface area contributed by atoms with E-state index in [-0.39, 0.29) is 0 Å². The Bertz CT molecular complexity index is 798. The van der Waals surface area contributed by atoms with Crippen LogP contribution in [0, 0.1) is 6.92 Å². The molecule has 0 saturated heterocycles. The molecule has 6 heteroatoms. The van der Waals surface area contributed by atoms with Gasteiger partial charge in [0.1, 0.15) is 11.3 Å². The highest BCUT2D eigenvalue weighted by molar-refractivity contribution is 9.10. The number of benzene rings is 1. The molecule has 0 aliphatic heterocycles. The minimum atomic E-state index is 0.315. The molecule has 2 heterocycles. The third-order valence-electron chi connectivity index (χ3n) is 2.99. The van der Waals surface area contributed by atoms with Gasteiger partial charge in [-0.2, -0.15) is 0 Å². The third-order valence-corrected chi connectivity index (χ3v) is 4.45. The van der Waals surface area contributed by atoms with Crippen molar-refractivity contribution in [3.8, 4) is 5.69 Å². The van der Waals surface area contributed by atoms with Gasteiger partial charge in [-0.15, -0.1) is 11.6 Å². The molecular formula is C14H10BrCl2N3. The van der Waals surface area contributed by atoms with Crippen LogP contribution in [0.5, 0.6) is 0 Å². The van der Waals surface area contributed by atoms with Gasteiger partial charge in [-0.1, -0.05) is 11.6 Å². The molecule has 0 spiro atoms. The molecule has 0 unspecified atom stereocenters. The SMILES string of the molecule is Cc1ccc2nc(CCl)n(-c3ccc(Cl)c(Br)c3)c2n1. The molecule has 3 nitrogen and oxygen atoms in total. The van der Waals surface area contributed by atoms with Crippen LogP contribution < -0.4 is 0 Å². The maximum Gasteiger partial charge on any atom is 0.164 e. The van der Waals surface area contributed by atoms with Crippen LogP contribution in [0.3, 0.4) is 0 Å². The number of aryl methyl sites for hydroxylation is 1. The summed E-state index contributed by atoms with van der Waals surface area (Å²) < 4.78 is 2.78. The summed E-state index contributed by atoms with van der Waals surface area (Å²) in [6.45, 7) is 1.95. The molecule has 20 heavy (non-hydrogen) atoms. The highest BCUT2D eigenvalue weighted by Gasteiger charge is 2.14. The van der Waals surface area contributed by atoms with Gasteiger partial charge in [0.15, 0.2) is 5.65 Å². The number of nitrogens with zero attached hydrogens (tertiary/aromatic N) is 3. The number of rotatable bonds is 2. The monoisotopic (exact) mass is 369 g/mol. The Balaban J connectivity index is 2.32. The third kappa shape index (κ3) is 2.32. The predicted octanol–water partition coefficient (Wildman–Crippen LogP) is 4.88. The van der Waals surface area contributed by atoms with E-state index in [4.69, 9.17) is 23.2 Å². The Kier molecular flexibility index (Phi) is 3.71. The lowest BCUT2D eigenvalue weighted by Gasteiger charge is -2.08. The van der Waals surface area contributed by atoms with Gasteiger partial charge >= 0.3 is 0 Å². The molecule has 0 aliphatic rings. The number of aromatic nitrogens is 3. The Labute approximate surface area is 134 Å². The van der Waals surface area contributed by atoms with E-state index < -0.39 is 0 Å². The predicted molar refractivity (Wildman–Crippen MR) is 85.9 cm³/mol. The molecule has 0 aliphatic carbocycles. The zero-order valence-corrected chi connectivity index (χ0v) is 13.7. The molecule has 3 aromatic rings. The summed E-state index contributed by atoms with van der Waals surface area (Å²) in [6.07, 6.45) is 0. The highest BCUT2D eigenvalue weighted by Crippen LogP contribution is 2.28. The van der Waals surface area contributed by atoms with Crippen molar-refractivity contribution in [2.24, 2.45) is 0 Å². The van der Waals surface area contributed by atoms with Crippen molar-refractivity contribution in [1.29, 1.82) is 0 Å². The Morgan fingerprint density at radius 1 is 1.20 bits per heavy atom. The summed E-state index contributed by atoms with van der Waals surface area (Å²) >= 11 is 15.5. The van der Waals surface area contributed by atoms with E-state index in [0.717, 1.165) is 32.8 Å². The van der Waals surface area contributed by atoms with Crippen LogP contribution >= 0.6 is 39.1 Å². The molecule has 0 radical (unpaired) electrons. The average molecular weight is 371 g/mol. The van der Waals surface area contributed by atoms with Gasteiger partial charge in [-0.25, -0.2) is 9.97 Å². The normalized spacial score (nSPS) is 11.2.